The van der Waals surface area contributed by atoms with E-state index in [1.807, 2.05) is 12.1 Å². The number of aliphatic hydroxyl groups is 1. The van der Waals surface area contributed by atoms with Crippen molar-refractivity contribution in [3.05, 3.63) is 52.9 Å². The number of carbonyl (C=O) groups excluding carboxylic acids is 1. The van der Waals surface area contributed by atoms with Gasteiger partial charge in [-0.2, -0.15) is 0 Å². The number of allylic oxidation sites excluding steroid dienone is 2. The topological polar surface area (TPSA) is 37.3 Å². The van der Waals surface area contributed by atoms with Crippen molar-refractivity contribution < 1.29 is 14.3 Å². The highest BCUT2D eigenvalue weighted by molar-refractivity contribution is 6.05. The molecule has 1 aromatic rings. The Labute approximate surface area is 172 Å². The smallest absolute Gasteiger partial charge is 0.165 e. The lowest BCUT2D eigenvalue weighted by Gasteiger charge is -2.56. The molecule has 0 spiro atoms. The third-order valence-electron chi connectivity index (χ3n) is 8.91. The zero-order chi connectivity index (χ0) is 20.4. The van der Waals surface area contributed by atoms with Crippen molar-refractivity contribution in [3.8, 4) is 0 Å². The fourth-order valence-electron chi connectivity index (χ4n) is 7.24. The third kappa shape index (κ3) is 2.88. The van der Waals surface area contributed by atoms with Gasteiger partial charge in [-0.15, -0.1) is 0 Å². The average Bonchev–Trinajstić information content (AvgIpc) is 2.93. The van der Waals surface area contributed by atoms with Crippen LogP contribution in [0.3, 0.4) is 0 Å². The Morgan fingerprint density at radius 2 is 1.90 bits per heavy atom. The van der Waals surface area contributed by atoms with Crippen molar-refractivity contribution in [1.29, 1.82) is 0 Å². The van der Waals surface area contributed by atoms with Crippen LogP contribution in [0.1, 0.15) is 64.4 Å². The van der Waals surface area contributed by atoms with Crippen LogP contribution in [0.15, 0.2) is 41.5 Å². The van der Waals surface area contributed by atoms with Crippen LogP contribution in [0.4, 0.5) is 4.39 Å². The molecule has 0 aliphatic heterocycles. The molecule has 1 N–H and O–H groups in total. The monoisotopic (exact) mass is 394 g/mol. The minimum atomic E-state index is -0.282. The molecule has 154 valence electrons. The molecule has 3 saturated carbocycles. The second-order valence-electron chi connectivity index (χ2n) is 10.4. The molecular weight excluding hydrogens is 363 g/mol. The van der Waals surface area contributed by atoms with E-state index in [-0.39, 0.29) is 28.5 Å². The fraction of sp³-hybridized carbons (Fsp3) is 0.577. The van der Waals surface area contributed by atoms with Gasteiger partial charge in [-0.3, -0.25) is 4.79 Å². The van der Waals surface area contributed by atoms with Crippen molar-refractivity contribution in [1.82, 2.24) is 0 Å². The van der Waals surface area contributed by atoms with E-state index >= 15 is 0 Å². The molecule has 4 aliphatic rings. The molecular formula is C26H31FO2. The van der Waals surface area contributed by atoms with Crippen LogP contribution in [0, 0.1) is 34.4 Å². The Morgan fingerprint density at radius 1 is 1.10 bits per heavy atom. The van der Waals surface area contributed by atoms with E-state index in [1.165, 1.54) is 17.7 Å². The maximum absolute atomic E-state index is 13.6. The number of rotatable bonds is 1. The van der Waals surface area contributed by atoms with Gasteiger partial charge in [0.05, 0.1) is 6.10 Å². The SMILES string of the molecule is C[C@@]12CC[C@H]3[C@@H](CC=C4C[C@@H](O)CC[C@@]43C)[C@H]1CC(=Cc1cccc(F)c1)C2=O. The first-order valence-corrected chi connectivity index (χ1v) is 11.2. The zero-order valence-corrected chi connectivity index (χ0v) is 17.5. The van der Waals surface area contributed by atoms with Gasteiger partial charge in [-0.05, 0) is 97.5 Å². The summed E-state index contributed by atoms with van der Waals surface area (Å²) >= 11 is 0. The minimum absolute atomic E-state index is 0.182. The summed E-state index contributed by atoms with van der Waals surface area (Å²) in [6, 6.07) is 6.54. The summed E-state index contributed by atoms with van der Waals surface area (Å²) in [5.41, 5.74) is 3.02. The second-order valence-corrected chi connectivity index (χ2v) is 10.4. The first-order valence-electron chi connectivity index (χ1n) is 11.2. The van der Waals surface area contributed by atoms with Crippen molar-refractivity contribution >= 4 is 11.9 Å². The van der Waals surface area contributed by atoms with Crippen molar-refractivity contribution in [2.75, 3.05) is 0 Å². The van der Waals surface area contributed by atoms with Crippen molar-refractivity contribution in [2.45, 2.75) is 64.9 Å². The first-order chi connectivity index (χ1) is 13.8. The van der Waals surface area contributed by atoms with Crippen LogP contribution in [-0.2, 0) is 4.79 Å². The number of hydrogen-bond donors (Lipinski definition) is 1. The molecule has 0 bridgehead atoms. The Bertz CT molecular complexity index is 915. The van der Waals surface area contributed by atoms with Gasteiger partial charge in [0, 0.05) is 5.41 Å². The number of hydrogen-bond acceptors (Lipinski definition) is 2. The Kier molecular flexibility index (Phi) is 4.40. The third-order valence-corrected chi connectivity index (χ3v) is 8.91. The molecule has 0 unspecified atom stereocenters. The van der Waals surface area contributed by atoms with Crippen LogP contribution < -0.4 is 0 Å². The molecule has 0 aromatic heterocycles. The molecule has 2 nitrogen and oxygen atoms in total. The van der Waals surface area contributed by atoms with Gasteiger partial charge in [0.15, 0.2) is 5.78 Å². The van der Waals surface area contributed by atoms with Crippen LogP contribution in [0.25, 0.3) is 6.08 Å². The number of fused-ring (bicyclic) bond motifs is 5. The lowest BCUT2D eigenvalue weighted by molar-refractivity contribution is -0.130. The molecule has 0 radical (unpaired) electrons. The zero-order valence-electron chi connectivity index (χ0n) is 17.5. The molecule has 0 amide bonds. The van der Waals surface area contributed by atoms with Crippen LogP contribution in [-0.4, -0.2) is 17.0 Å². The van der Waals surface area contributed by atoms with E-state index in [9.17, 15) is 14.3 Å². The molecule has 5 rings (SSSR count). The van der Waals surface area contributed by atoms with E-state index in [1.54, 1.807) is 6.07 Å². The van der Waals surface area contributed by atoms with E-state index in [4.69, 9.17) is 0 Å². The Balaban J connectivity index is 1.48. The summed E-state index contributed by atoms with van der Waals surface area (Å²) in [4.78, 5) is 13.4. The first kappa shape index (κ1) is 19.2. The number of carbonyl (C=O) groups is 1. The van der Waals surface area contributed by atoms with Gasteiger partial charge in [-0.25, -0.2) is 4.39 Å². The van der Waals surface area contributed by atoms with Gasteiger partial charge in [0.25, 0.3) is 0 Å². The largest absolute Gasteiger partial charge is 0.393 e. The Morgan fingerprint density at radius 3 is 2.69 bits per heavy atom. The van der Waals surface area contributed by atoms with Crippen molar-refractivity contribution in [3.63, 3.8) is 0 Å². The quantitative estimate of drug-likeness (QED) is 0.489. The summed E-state index contributed by atoms with van der Waals surface area (Å²) in [7, 11) is 0. The van der Waals surface area contributed by atoms with Gasteiger partial charge in [0.2, 0.25) is 0 Å². The van der Waals surface area contributed by atoms with E-state index in [2.05, 4.69) is 19.9 Å². The summed E-state index contributed by atoms with van der Waals surface area (Å²) in [6.45, 7) is 4.58. The van der Waals surface area contributed by atoms with Gasteiger partial charge >= 0.3 is 0 Å². The summed E-state index contributed by atoms with van der Waals surface area (Å²) in [5.74, 6) is 1.53. The highest BCUT2D eigenvalue weighted by Crippen LogP contribution is 2.64. The number of Topliss-reactive ketones (excluding diaryl/α,β-unsaturated/α-hetero) is 1. The molecule has 0 heterocycles. The van der Waals surface area contributed by atoms with E-state index in [0.29, 0.717) is 17.8 Å². The summed E-state index contributed by atoms with van der Waals surface area (Å²) < 4.78 is 13.6. The summed E-state index contributed by atoms with van der Waals surface area (Å²) in [6.07, 6.45) is 10.8. The summed E-state index contributed by atoms with van der Waals surface area (Å²) in [5, 5.41) is 10.2. The molecule has 3 fully saturated rings. The molecule has 0 saturated heterocycles. The molecule has 1 aromatic carbocycles. The van der Waals surface area contributed by atoms with Gasteiger partial charge < -0.3 is 5.11 Å². The molecule has 6 atom stereocenters. The highest BCUT2D eigenvalue weighted by atomic mass is 19.1. The maximum atomic E-state index is 13.6. The lowest BCUT2D eigenvalue weighted by Crippen LogP contribution is -2.50. The predicted octanol–water partition coefficient (Wildman–Crippen LogP) is 5.71. The predicted molar refractivity (Wildman–Crippen MR) is 112 cm³/mol. The van der Waals surface area contributed by atoms with Crippen LogP contribution in [0.5, 0.6) is 0 Å². The number of ketones is 1. The standard InChI is InChI=1S/C26H31FO2/c1-25-10-8-20(28)15-18(25)6-7-21-22(25)9-11-26(2)23(21)14-17(24(26)29)12-16-4-3-5-19(27)13-16/h3-6,12-13,20-23,28H,7-11,14-15H2,1-2H3/t20-,21+,22-,23+,25-,26+/m0/s1. The Hall–Kier alpha value is -1.74. The van der Waals surface area contributed by atoms with Gasteiger partial charge in [0.1, 0.15) is 5.82 Å². The van der Waals surface area contributed by atoms with Gasteiger partial charge in [-0.1, -0.05) is 37.6 Å². The lowest BCUT2D eigenvalue weighted by atomic mass is 9.48. The fourth-order valence-corrected chi connectivity index (χ4v) is 7.24. The molecule has 29 heavy (non-hydrogen) atoms. The van der Waals surface area contributed by atoms with Crippen LogP contribution in [0.2, 0.25) is 0 Å². The highest BCUT2D eigenvalue weighted by Gasteiger charge is 2.59. The number of benzene rings is 1. The normalized spacial score (nSPS) is 42.8. The average molecular weight is 395 g/mol. The van der Waals surface area contributed by atoms with E-state index < -0.39 is 0 Å². The number of halogens is 1. The van der Waals surface area contributed by atoms with Crippen molar-refractivity contribution in [2.24, 2.45) is 28.6 Å². The minimum Gasteiger partial charge on any atom is -0.393 e. The van der Waals surface area contributed by atoms with Crippen LogP contribution >= 0.6 is 0 Å². The second kappa shape index (κ2) is 6.63. The number of aliphatic hydroxyl groups excluding tert-OH is 1. The maximum Gasteiger partial charge on any atom is 0.165 e. The van der Waals surface area contributed by atoms with E-state index in [0.717, 1.165) is 56.1 Å². The molecule has 4 aliphatic carbocycles. The molecule has 3 heteroatoms.